The zero-order valence-electron chi connectivity index (χ0n) is 12.9. The van der Waals surface area contributed by atoms with Crippen molar-refractivity contribution in [3.63, 3.8) is 0 Å². The molecule has 0 fully saturated rings. The molecule has 112 valence electrons. The summed E-state index contributed by atoms with van der Waals surface area (Å²) < 4.78 is 10.4. The van der Waals surface area contributed by atoms with Gasteiger partial charge in [0, 0.05) is 19.3 Å². The number of carbonyl (C=O) groups excluding carboxylic acids is 1. The lowest BCUT2D eigenvalue weighted by molar-refractivity contribution is 0.0185. The molecule has 4 nitrogen and oxygen atoms in total. The molecule has 0 amide bonds. The van der Waals surface area contributed by atoms with Crippen molar-refractivity contribution >= 4 is 11.7 Å². The van der Waals surface area contributed by atoms with Crippen LogP contribution in [0.25, 0.3) is 0 Å². The number of carbonyl (C=O) groups is 1. The molecule has 0 saturated carbocycles. The van der Waals surface area contributed by atoms with E-state index in [1.165, 1.54) is 0 Å². The van der Waals surface area contributed by atoms with Gasteiger partial charge in [-0.3, -0.25) is 0 Å². The van der Waals surface area contributed by atoms with Gasteiger partial charge in [-0.15, -0.1) is 0 Å². The number of rotatable bonds is 8. The molecule has 1 N–H and O–H groups in total. The second-order valence-corrected chi connectivity index (χ2v) is 5.35. The van der Waals surface area contributed by atoms with Crippen LogP contribution >= 0.6 is 0 Å². The summed E-state index contributed by atoms with van der Waals surface area (Å²) >= 11 is 0. The van der Waals surface area contributed by atoms with Crippen LogP contribution in [-0.2, 0) is 9.47 Å². The Balaban J connectivity index is 2.44. The van der Waals surface area contributed by atoms with Gasteiger partial charge in [0.1, 0.15) is 0 Å². The predicted octanol–water partition coefficient (Wildman–Crippen LogP) is 3.48. The van der Waals surface area contributed by atoms with Gasteiger partial charge in [-0.05, 0) is 51.0 Å². The maximum Gasteiger partial charge on any atom is 0.338 e. The van der Waals surface area contributed by atoms with Crippen molar-refractivity contribution in [1.29, 1.82) is 0 Å². The van der Waals surface area contributed by atoms with Crippen molar-refractivity contribution in [3.05, 3.63) is 29.8 Å². The van der Waals surface area contributed by atoms with Crippen LogP contribution in [0.3, 0.4) is 0 Å². The Labute approximate surface area is 121 Å². The Bertz CT molecular complexity index is 412. The number of anilines is 1. The van der Waals surface area contributed by atoms with Gasteiger partial charge < -0.3 is 14.8 Å². The van der Waals surface area contributed by atoms with Crippen LogP contribution in [0.15, 0.2) is 24.3 Å². The lowest BCUT2D eigenvalue weighted by Gasteiger charge is -2.23. The Hall–Kier alpha value is -1.55. The molecule has 0 spiro atoms. The highest BCUT2D eigenvalue weighted by Gasteiger charge is 2.15. The number of ether oxygens (including phenoxy) is 2. The van der Waals surface area contributed by atoms with Crippen LogP contribution in [0.4, 0.5) is 5.69 Å². The van der Waals surface area contributed by atoms with E-state index in [-0.39, 0.29) is 11.6 Å². The number of benzene rings is 1. The van der Waals surface area contributed by atoms with E-state index in [4.69, 9.17) is 9.47 Å². The molecule has 20 heavy (non-hydrogen) atoms. The van der Waals surface area contributed by atoms with Crippen molar-refractivity contribution in [1.82, 2.24) is 0 Å². The molecule has 0 aliphatic carbocycles. The Morgan fingerprint density at radius 1 is 1.25 bits per heavy atom. The smallest absolute Gasteiger partial charge is 0.338 e. The minimum atomic E-state index is -0.265. The van der Waals surface area contributed by atoms with E-state index in [1.54, 1.807) is 19.2 Å². The fraction of sp³-hybridized carbons (Fsp3) is 0.562. The van der Waals surface area contributed by atoms with Crippen LogP contribution in [0.2, 0.25) is 0 Å². The maximum atomic E-state index is 11.6. The van der Waals surface area contributed by atoms with Crippen LogP contribution < -0.4 is 5.32 Å². The first-order chi connectivity index (χ1) is 9.48. The fourth-order valence-corrected chi connectivity index (χ4v) is 1.61. The third kappa shape index (κ3) is 5.61. The van der Waals surface area contributed by atoms with E-state index in [1.807, 2.05) is 19.1 Å². The normalized spacial score (nSPS) is 11.2. The Morgan fingerprint density at radius 2 is 1.90 bits per heavy atom. The molecule has 0 aromatic heterocycles. The number of nitrogens with one attached hydrogen (secondary N) is 1. The average molecular weight is 279 g/mol. The number of methoxy groups -OCH3 is 1. The third-order valence-corrected chi connectivity index (χ3v) is 3.17. The first kappa shape index (κ1) is 16.5. The van der Waals surface area contributed by atoms with Crippen LogP contribution in [0, 0.1) is 0 Å². The molecule has 0 atom stereocenters. The number of hydrogen-bond donors (Lipinski definition) is 1. The first-order valence-electron chi connectivity index (χ1n) is 7.04. The molecule has 0 radical (unpaired) electrons. The summed E-state index contributed by atoms with van der Waals surface area (Å²) in [4.78, 5) is 11.6. The quantitative estimate of drug-likeness (QED) is 0.740. The zero-order valence-corrected chi connectivity index (χ0v) is 12.9. The van der Waals surface area contributed by atoms with Crippen molar-refractivity contribution in [2.75, 3.05) is 25.6 Å². The second-order valence-electron chi connectivity index (χ2n) is 5.35. The molecule has 0 aliphatic heterocycles. The molecule has 0 unspecified atom stereocenters. The van der Waals surface area contributed by atoms with Crippen molar-refractivity contribution in [2.45, 2.75) is 39.2 Å². The van der Waals surface area contributed by atoms with Crippen LogP contribution in [-0.4, -0.2) is 31.8 Å². The largest absolute Gasteiger partial charge is 0.462 e. The molecule has 1 rings (SSSR count). The predicted molar refractivity (Wildman–Crippen MR) is 81.2 cm³/mol. The average Bonchev–Trinajstić information content (AvgIpc) is 2.45. The minimum absolute atomic E-state index is 0.128. The highest BCUT2D eigenvalue weighted by Crippen LogP contribution is 2.15. The van der Waals surface area contributed by atoms with E-state index in [0.717, 1.165) is 25.1 Å². The molecule has 1 aromatic rings. The summed E-state index contributed by atoms with van der Waals surface area (Å²) in [6, 6.07) is 7.34. The monoisotopic (exact) mass is 279 g/mol. The van der Waals surface area contributed by atoms with E-state index >= 15 is 0 Å². The van der Waals surface area contributed by atoms with Crippen LogP contribution in [0.1, 0.15) is 44.0 Å². The Morgan fingerprint density at radius 3 is 2.45 bits per heavy atom. The lowest BCUT2D eigenvalue weighted by atomic mass is 10.1. The summed E-state index contributed by atoms with van der Waals surface area (Å²) in [7, 11) is 1.72. The van der Waals surface area contributed by atoms with E-state index in [2.05, 4.69) is 19.2 Å². The molecule has 1 aromatic carbocycles. The van der Waals surface area contributed by atoms with Crippen molar-refractivity contribution in [2.24, 2.45) is 0 Å². The molecular weight excluding hydrogens is 254 g/mol. The summed E-state index contributed by atoms with van der Waals surface area (Å²) in [5.74, 6) is -0.265. The first-order valence-corrected chi connectivity index (χ1v) is 7.04. The van der Waals surface area contributed by atoms with Gasteiger partial charge in [-0.25, -0.2) is 4.79 Å². The number of esters is 1. The summed E-state index contributed by atoms with van der Waals surface area (Å²) in [5.41, 5.74) is 1.45. The maximum absolute atomic E-state index is 11.6. The van der Waals surface area contributed by atoms with E-state index in [0.29, 0.717) is 12.2 Å². The van der Waals surface area contributed by atoms with Crippen LogP contribution in [0.5, 0.6) is 0 Å². The van der Waals surface area contributed by atoms with Gasteiger partial charge in [-0.1, -0.05) is 6.92 Å². The fourth-order valence-electron chi connectivity index (χ4n) is 1.61. The molecule has 0 heterocycles. The zero-order chi connectivity index (χ0) is 15.0. The van der Waals surface area contributed by atoms with Gasteiger partial charge in [0.2, 0.25) is 0 Å². The second kappa shape index (κ2) is 7.90. The Kier molecular flexibility index (Phi) is 6.52. The van der Waals surface area contributed by atoms with E-state index in [9.17, 15) is 4.79 Å². The standard InChI is InChI=1S/C16H25NO3/c1-5-12-20-15(18)13-6-8-14(9-7-13)17-11-10-16(2,3)19-4/h6-9,17H,5,10-12H2,1-4H3. The molecular formula is C16H25NO3. The summed E-state index contributed by atoms with van der Waals surface area (Å²) in [6.45, 7) is 7.37. The topological polar surface area (TPSA) is 47.6 Å². The minimum Gasteiger partial charge on any atom is -0.462 e. The van der Waals surface area contributed by atoms with Gasteiger partial charge in [-0.2, -0.15) is 0 Å². The molecule has 4 heteroatoms. The van der Waals surface area contributed by atoms with E-state index < -0.39 is 0 Å². The van der Waals surface area contributed by atoms with Gasteiger partial charge in [0.05, 0.1) is 17.8 Å². The molecule has 0 bridgehead atoms. The summed E-state index contributed by atoms with van der Waals surface area (Å²) in [6.07, 6.45) is 1.74. The van der Waals surface area contributed by atoms with Crippen molar-refractivity contribution in [3.8, 4) is 0 Å². The SMILES string of the molecule is CCCOC(=O)c1ccc(NCCC(C)(C)OC)cc1. The molecule has 0 saturated heterocycles. The summed E-state index contributed by atoms with van der Waals surface area (Å²) in [5, 5.41) is 3.31. The third-order valence-electron chi connectivity index (χ3n) is 3.17. The number of hydrogen-bond acceptors (Lipinski definition) is 4. The highest BCUT2D eigenvalue weighted by atomic mass is 16.5. The van der Waals surface area contributed by atoms with Gasteiger partial charge in [0.15, 0.2) is 0 Å². The van der Waals surface area contributed by atoms with Gasteiger partial charge in [0.25, 0.3) is 0 Å². The highest BCUT2D eigenvalue weighted by molar-refractivity contribution is 5.89. The van der Waals surface area contributed by atoms with Gasteiger partial charge >= 0.3 is 5.97 Å². The molecule has 0 aliphatic rings. The van der Waals surface area contributed by atoms with Crippen molar-refractivity contribution < 1.29 is 14.3 Å². The lowest BCUT2D eigenvalue weighted by Crippen LogP contribution is -2.25.